The predicted octanol–water partition coefficient (Wildman–Crippen LogP) is 5.83. The molecule has 0 saturated heterocycles. The van der Waals surface area contributed by atoms with Crippen molar-refractivity contribution in [3.8, 4) is 17.5 Å². The van der Waals surface area contributed by atoms with Gasteiger partial charge in [0, 0.05) is 12.3 Å². The number of aromatic nitrogens is 2. The number of aliphatic imine (C=N–C) groups is 1. The quantitative estimate of drug-likeness (QED) is 0.481. The van der Waals surface area contributed by atoms with Gasteiger partial charge in [0.15, 0.2) is 11.5 Å². The smallest absolute Gasteiger partial charge is 0.416 e. The number of methoxy groups -OCH3 is 1. The highest BCUT2D eigenvalue weighted by atomic mass is 35.5. The van der Waals surface area contributed by atoms with Crippen molar-refractivity contribution in [2.75, 3.05) is 7.11 Å². The molecule has 29 heavy (non-hydrogen) atoms. The van der Waals surface area contributed by atoms with E-state index >= 15 is 0 Å². The first-order valence-electron chi connectivity index (χ1n) is 7.98. The largest absolute Gasteiger partial charge is 0.497 e. The molecule has 0 aliphatic heterocycles. The maximum Gasteiger partial charge on any atom is 0.416 e. The zero-order valence-corrected chi connectivity index (χ0v) is 16.2. The van der Waals surface area contributed by atoms with E-state index in [4.69, 9.17) is 33.2 Å². The minimum absolute atomic E-state index is 0.00101. The minimum atomic E-state index is -4.61. The van der Waals surface area contributed by atoms with Gasteiger partial charge in [-0.2, -0.15) is 23.5 Å². The zero-order chi connectivity index (χ0) is 21.2. The van der Waals surface area contributed by atoms with Crippen LogP contribution in [0.1, 0.15) is 16.8 Å². The van der Waals surface area contributed by atoms with Crippen molar-refractivity contribution in [1.29, 1.82) is 5.26 Å². The fourth-order valence-corrected chi connectivity index (χ4v) is 3.09. The zero-order valence-electron chi connectivity index (χ0n) is 14.7. The van der Waals surface area contributed by atoms with Crippen molar-refractivity contribution in [3.63, 3.8) is 0 Å². The molecule has 1 aromatic heterocycles. The highest BCUT2D eigenvalue weighted by molar-refractivity contribution is 6.38. The summed E-state index contributed by atoms with van der Waals surface area (Å²) in [6.45, 7) is 0. The Morgan fingerprint density at radius 1 is 1.14 bits per heavy atom. The van der Waals surface area contributed by atoms with Crippen LogP contribution in [0.3, 0.4) is 0 Å². The van der Waals surface area contributed by atoms with Gasteiger partial charge in [-0.25, -0.2) is 9.67 Å². The predicted molar refractivity (Wildman–Crippen MR) is 104 cm³/mol. The molecular weight excluding hydrogens is 428 g/mol. The van der Waals surface area contributed by atoms with Crippen LogP contribution in [0.15, 0.2) is 47.5 Å². The molecule has 0 radical (unpaired) electrons. The summed E-state index contributed by atoms with van der Waals surface area (Å²) in [4.78, 5) is 4.27. The fourth-order valence-electron chi connectivity index (χ4n) is 2.44. The molecule has 0 bridgehead atoms. The van der Waals surface area contributed by atoms with E-state index in [9.17, 15) is 13.2 Å². The average molecular weight is 439 g/mol. The van der Waals surface area contributed by atoms with Crippen LogP contribution in [-0.4, -0.2) is 23.1 Å². The number of alkyl halides is 3. The molecule has 0 spiro atoms. The normalized spacial score (nSPS) is 11.6. The molecule has 10 heteroatoms. The number of halogens is 5. The van der Waals surface area contributed by atoms with Crippen molar-refractivity contribution < 1.29 is 17.9 Å². The van der Waals surface area contributed by atoms with E-state index in [1.807, 2.05) is 6.07 Å². The number of nitriles is 1. The summed E-state index contributed by atoms with van der Waals surface area (Å²) in [6.07, 6.45) is -3.11. The molecular formula is C19H11Cl2F3N4O. The molecule has 0 aliphatic carbocycles. The van der Waals surface area contributed by atoms with Crippen molar-refractivity contribution in [3.05, 3.63) is 69.3 Å². The first-order chi connectivity index (χ1) is 13.7. The third-order valence-corrected chi connectivity index (χ3v) is 4.40. The molecule has 2 aromatic carbocycles. The molecule has 5 nitrogen and oxygen atoms in total. The van der Waals surface area contributed by atoms with Gasteiger partial charge >= 0.3 is 6.18 Å². The van der Waals surface area contributed by atoms with Gasteiger partial charge in [-0.05, 0) is 42.0 Å². The van der Waals surface area contributed by atoms with Gasteiger partial charge < -0.3 is 4.74 Å². The van der Waals surface area contributed by atoms with Crippen LogP contribution in [0, 0.1) is 11.3 Å². The molecule has 0 amide bonds. The number of nitrogens with zero attached hydrogens (tertiary/aromatic N) is 4. The highest BCUT2D eigenvalue weighted by Gasteiger charge is 2.32. The lowest BCUT2D eigenvalue weighted by Crippen LogP contribution is -2.07. The third kappa shape index (κ3) is 4.53. The third-order valence-electron chi connectivity index (χ3n) is 3.82. The monoisotopic (exact) mass is 438 g/mol. The van der Waals surface area contributed by atoms with E-state index in [1.165, 1.54) is 12.3 Å². The maximum absolute atomic E-state index is 13.0. The first-order valence-corrected chi connectivity index (χ1v) is 8.73. The molecule has 0 saturated carbocycles. The van der Waals surface area contributed by atoms with Crippen LogP contribution < -0.4 is 4.74 Å². The topological polar surface area (TPSA) is 63.2 Å². The molecule has 0 atom stereocenters. The molecule has 0 aliphatic rings. The Balaban J connectivity index is 2.06. The van der Waals surface area contributed by atoms with Crippen LogP contribution in [0.2, 0.25) is 10.0 Å². The molecule has 0 unspecified atom stereocenters. The number of rotatable bonds is 4. The van der Waals surface area contributed by atoms with Gasteiger partial charge in [-0.15, -0.1) is 0 Å². The van der Waals surface area contributed by atoms with Crippen molar-refractivity contribution in [1.82, 2.24) is 9.78 Å². The second-order valence-corrected chi connectivity index (χ2v) is 6.54. The van der Waals surface area contributed by atoms with Crippen LogP contribution >= 0.6 is 23.2 Å². The van der Waals surface area contributed by atoms with Crippen molar-refractivity contribution >= 4 is 35.2 Å². The molecule has 0 fully saturated rings. The summed E-state index contributed by atoms with van der Waals surface area (Å²) in [5.41, 5.74) is -0.280. The number of ether oxygens (including phenoxy) is 1. The van der Waals surface area contributed by atoms with Crippen LogP contribution in [-0.2, 0) is 6.18 Å². The summed E-state index contributed by atoms with van der Waals surface area (Å²) in [5, 5.41) is 12.6. The number of benzene rings is 2. The lowest BCUT2D eigenvalue weighted by Gasteiger charge is -2.13. The van der Waals surface area contributed by atoms with Crippen molar-refractivity contribution in [2.24, 2.45) is 4.99 Å². The molecule has 3 aromatic rings. The van der Waals surface area contributed by atoms with E-state index < -0.39 is 11.7 Å². The first kappa shape index (κ1) is 20.7. The maximum atomic E-state index is 13.0. The van der Waals surface area contributed by atoms with Crippen molar-refractivity contribution in [2.45, 2.75) is 6.18 Å². The van der Waals surface area contributed by atoms with Gasteiger partial charge in [-0.3, -0.25) is 0 Å². The van der Waals surface area contributed by atoms with Gasteiger partial charge in [0.05, 0.1) is 22.7 Å². The van der Waals surface area contributed by atoms with Gasteiger partial charge in [0.1, 0.15) is 17.5 Å². The Hall–Kier alpha value is -3.02. The van der Waals surface area contributed by atoms with E-state index in [0.29, 0.717) is 5.75 Å². The van der Waals surface area contributed by atoms with E-state index in [0.717, 1.165) is 22.4 Å². The Bertz CT molecular complexity index is 1090. The molecule has 1 heterocycles. The number of hydrogen-bond acceptors (Lipinski definition) is 4. The second-order valence-electron chi connectivity index (χ2n) is 5.73. The van der Waals surface area contributed by atoms with E-state index in [-0.39, 0.29) is 27.2 Å². The lowest BCUT2D eigenvalue weighted by molar-refractivity contribution is -0.137. The Labute approximate surface area is 173 Å². The summed E-state index contributed by atoms with van der Waals surface area (Å²) >= 11 is 12.1. The summed E-state index contributed by atoms with van der Waals surface area (Å²) < 4.78 is 45.1. The molecule has 0 N–H and O–H groups in total. The summed E-state index contributed by atoms with van der Waals surface area (Å²) in [7, 11) is 1.54. The molecule has 3 rings (SSSR count). The Morgan fingerprint density at radius 3 is 2.28 bits per heavy atom. The summed E-state index contributed by atoms with van der Waals surface area (Å²) in [6, 6.07) is 11.7. The number of hydrogen-bond donors (Lipinski definition) is 0. The van der Waals surface area contributed by atoms with E-state index in [1.54, 1.807) is 31.4 Å². The molecule has 148 valence electrons. The minimum Gasteiger partial charge on any atom is -0.497 e. The van der Waals surface area contributed by atoms with E-state index in [2.05, 4.69) is 10.1 Å². The van der Waals surface area contributed by atoms with Gasteiger partial charge in [0.25, 0.3) is 0 Å². The highest BCUT2D eigenvalue weighted by Crippen LogP contribution is 2.38. The standard InChI is InChI=1S/C19H11Cl2F3N4O/c1-29-14-4-2-11(3-5-14)10-26-17-8-13(9-25)27-28(17)18-15(20)6-12(7-16(18)21)19(22,23)24/h2-8,10H,1H3/b26-10+. The van der Waals surface area contributed by atoms with Gasteiger partial charge in [-0.1, -0.05) is 23.2 Å². The van der Waals surface area contributed by atoms with Crippen LogP contribution in [0.25, 0.3) is 5.69 Å². The van der Waals surface area contributed by atoms with Crippen LogP contribution in [0.5, 0.6) is 5.75 Å². The SMILES string of the molecule is COc1ccc(/C=N/c2cc(C#N)nn2-c2c(Cl)cc(C(F)(F)F)cc2Cl)cc1. The Morgan fingerprint density at radius 2 is 1.76 bits per heavy atom. The average Bonchev–Trinajstić information content (AvgIpc) is 3.08. The van der Waals surface area contributed by atoms with Gasteiger partial charge in [0.2, 0.25) is 0 Å². The fraction of sp³-hybridized carbons (Fsp3) is 0.105. The Kier molecular flexibility index (Phi) is 5.82. The second kappa shape index (κ2) is 8.15. The lowest BCUT2D eigenvalue weighted by atomic mass is 10.2. The summed E-state index contributed by atoms with van der Waals surface area (Å²) in [5.74, 6) is 0.836. The van der Waals surface area contributed by atoms with Crippen LogP contribution in [0.4, 0.5) is 19.0 Å².